The number of nitrogens with one attached hydrogen (secondary N) is 2. The van der Waals surface area contributed by atoms with Crippen LogP contribution in [-0.4, -0.2) is 40.9 Å². The maximum absolute atomic E-state index is 9.50. The average molecular weight is 423 g/mol. The maximum atomic E-state index is 9.50. The molecule has 8 nitrogen and oxygen atoms in total. The molecule has 3 rings (SSSR count). The highest BCUT2D eigenvalue weighted by molar-refractivity contribution is 7.09. The molecule has 0 radical (unpaired) electrons. The molecule has 156 valence electrons. The van der Waals surface area contributed by atoms with Crippen molar-refractivity contribution in [3.8, 4) is 11.8 Å². The first-order valence-corrected chi connectivity index (χ1v) is 10.7. The fourth-order valence-corrected chi connectivity index (χ4v) is 3.70. The second-order valence-electron chi connectivity index (χ2n) is 6.70. The highest BCUT2D eigenvalue weighted by Gasteiger charge is 2.16. The van der Waals surface area contributed by atoms with Gasteiger partial charge in [0.1, 0.15) is 17.5 Å². The molecule has 0 spiro atoms. The largest absolute Gasteiger partial charge is 0.382 e. The second-order valence-corrected chi connectivity index (χ2v) is 7.77. The van der Waals surface area contributed by atoms with Crippen LogP contribution in [0.2, 0.25) is 0 Å². The summed E-state index contributed by atoms with van der Waals surface area (Å²) in [6.45, 7) is 3.48. The van der Waals surface area contributed by atoms with Gasteiger partial charge in [-0.05, 0) is 31.9 Å². The molecule has 1 aromatic carbocycles. The van der Waals surface area contributed by atoms with Gasteiger partial charge in [-0.1, -0.05) is 18.2 Å². The fraction of sp³-hybridized carbons (Fsp3) is 0.333. The zero-order chi connectivity index (χ0) is 21.3. The lowest BCUT2D eigenvalue weighted by Gasteiger charge is -2.11. The van der Waals surface area contributed by atoms with Crippen LogP contribution in [0.15, 0.2) is 40.7 Å². The first-order chi connectivity index (χ1) is 14.6. The standard InChI is InChI=1S/C21H26N8S/c1-15-27-16(14-30-15)10-12-26-21(24-2)25-11-6-9-19-18(13-22)20(23)29(28-19)17-7-4-3-5-8-17/h3-5,7-8,14H,6,9-12,23H2,1-2H3,(H2,24,25,26). The van der Waals surface area contributed by atoms with Crippen LogP contribution in [0, 0.1) is 18.3 Å². The van der Waals surface area contributed by atoms with Crippen molar-refractivity contribution in [2.75, 3.05) is 25.9 Å². The molecule has 3 aromatic rings. The number of anilines is 1. The molecule has 30 heavy (non-hydrogen) atoms. The Hall–Kier alpha value is -3.38. The number of aromatic nitrogens is 3. The van der Waals surface area contributed by atoms with Crippen molar-refractivity contribution in [2.24, 2.45) is 4.99 Å². The average Bonchev–Trinajstić information content (AvgIpc) is 3.32. The molecule has 9 heteroatoms. The number of nitrogen functional groups attached to an aromatic ring is 1. The van der Waals surface area contributed by atoms with E-state index in [0.29, 0.717) is 30.0 Å². The lowest BCUT2D eigenvalue weighted by atomic mass is 10.1. The number of nitriles is 1. The van der Waals surface area contributed by atoms with Crippen LogP contribution < -0.4 is 16.4 Å². The number of nitrogens with two attached hydrogens (primary N) is 1. The van der Waals surface area contributed by atoms with Crippen molar-refractivity contribution < 1.29 is 0 Å². The van der Waals surface area contributed by atoms with E-state index in [-0.39, 0.29) is 0 Å². The van der Waals surface area contributed by atoms with Crippen LogP contribution in [0.3, 0.4) is 0 Å². The van der Waals surface area contributed by atoms with Gasteiger partial charge in [-0.25, -0.2) is 9.67 Å². The van der Waals surface area contributed by atoms with Gasteiger partial charge < -0.3 is 16.4 Å². The first-order valence-electron chi connectivity index (χ1n) is 9.80. The SMILES string of the molecule is CN=C(NCCCc1nn(-c2ccccc2)c(N)c1C#N)NCCc1csc(C)n1. The number of benzene rings is 1. The van der Waals surface area contributed by atoms with Crippen molar-refractivity contribution in [3.63, 3.8) is 0 Å². The van der Waals surface area contributed by atoms with E-state index in [9.17, 15) is 5.26 Å². The van der Waals surface area contributed by atoms with E-state index in [4.69, 9.17) is 5.73 Å². The number of aliphatic imine (C=N–C) groups is 1. The molecule has 0 atom stereocenters. The molecule has 2 heterocycles. The highest BCUT2D eigenvalue weighted by Crippen LogP contribution is 2.21. The Labute approximate surface area is 180 Å². The number of guanidine groups is 1. The Morgan fingerprint density at radius 1 is 1.23 bits per heavy atom. The van der Waals surface area contributed by atoms with Crippen LogP contribution in [-0.2, 0) is 12.8 Å². The van der Waals surface area contributed by atoms with Crippen molar-refractivity contribution in [1.29, 1.82) is 5.26 Å². The summed E-state index contributed by atoms with van der Waals surface area (Å²) in [5.41, 5.74) is 9.25. The van der Waals surface area contributed by atoms with Crippen molar-refractivity contribution in [3.05, 3.63) is 57.7 Å². The van der Waals surface area contributed by atoms with Crippen LogP contribution in [0.5, 0.6) is 0 Å². The number of rotatable bonds is 8. The van der Waals surface area contributed by atoms with E-state index in [1.165, 1.54) is 0 Å². The molecule has 0 fully saturated rings. The van der Waals surface area contributed by atoms with Gasteiger partial charge in [0.2, 0.25) is 0 Å². The second kappa shape index (κ2) is 10.4. The normalized spacial score (nSPS) is 11.3. The Bertz CT molecular complexity index is 1030. The maximum Gasteiger partial charge on any atom is 0.190 e. The molecular formula is C21H26N8S. The lowest BCUT2D eigenvalue weighted by Crippen LogP contribution is -2.38. The van der Waals surface area contributed by atoms with Gasteiger partial charge in [-0.2, -0.15) is 10.4 Å². The number of para-hydroxylation sites is 1. The molecule has 0 amide bonds. The van der Waals surface area contributed by atoms with E-state index in [1.807, 2.05) is 37.3 Å². The summed E-state index contributed by atoms with van der Waals surface area (Å²) in [5, 5.41) is 23.8. The van der Waals surface area contributed by atoms with Gasteiger partial charge in [-0.15, -0.1) is 11.3 Å². The predicted octanol–water partition coefficient (Wildman–Crippen LogP) is 2.43. The molecule has 4 N–H and O–H groups in total. The van der Waals surface area contributed by atoms with E-state index < -0.39 is 0 Å². The summed E-state index contributed by atoms with van der Waals surface area (Å²) in [4.78, 5) is 8.71. The minimum absolute atomic E-state index is 0.376. The summed E-state index contributed by atoms with van der Waals surface area (Å²) in [6.07, 6.45) is 2.30. The molecule has 0 aliphatic rings. The summed E-state index contributed by atoms with van der Waals surface area (Å²) in [5.74, 6) is 1.12. The molecule has 0 saturated heterocycles. The Morgan fingerprint density at radius 3 is 2.67 bits per heavy atom. The Balaban J connectivity index is 1.49. The van der Waals surface area contributed by atoms with Crippen molar-refractivity contribution in [2.45, 2.75) is 26.2 Å². The lowest BCUT2D eigenvalue weighted by molar-refractivity contribution is 0.719. The van der Waals surface area contributed by atoms with Crippen LogP contribution in [0.4, 0.5) is 5.82 Å². The van der Waals surface area contributed by atoms with E-state index in [2.05, 4.69) is 37.2 Å². The van der Waals surface area contributed by atoms with E-state index >= 15 is 0 Å². The predicted molar refractivity (Wildman–Crippen MR) is 121 cm³/mol. The minimum atomic E-state index is 0.376. The number of hydrogen-bond acceptors (Lipinski definition) is 6. The quantitative estimate of drug-likeness (QED) is 0.292. The van der Waals surface area contributed by atoms with Crippen LogP contribution in [0.1, 0.15) is 28.4 Å². The molecular weight excluding hydrogens is 396 g/mol. The molecule has 0 aliphatic carbocycles. The van der Waals surface area contributed by atoms with Gasteiger partial charge in [0.25, 0.3) is 0 Å². The number of thiazole rings is 1. The Morgan fingerprint density at radius 2 is 2.00 bits per heavy atom. The molecule has 0 aliphatic heterocycles. The number of hydrogen-bond donors (Lipinski definition) is 3. The third-order valence-corrected chi connectivity index (χ3v) is 5.38. The molecule has 0 unspecified atom stereocenters. The summed E-state index contributed by atoms with van der Waals surface area (Å²) in [7, 11) is 1.75. The Kier molecular flexibility index (Phi) is 7.40. The topological polar surface area (TPSA) is 117 Å². The van der Waals surface area contributed by atoms with Crippen LogP contribution in [0.25, 0.3) is 5.69 Å². The van der Waals surface area contributed by atoms with E-state index in [0.717, 1.165) is 41.7 Å². The molecule has 0 saturated carbocycles. The number of aryl methyl sites for hydroxylation is 2. The van der Waals surface area contributed by atoms with Gasteiger partial charge in [0.05, 0.1) is 22.1 Å². The molecule has 0 bridgehead atoms. The number of nitrogens with zero attached hydrogens (tertiary/aromatic N) is 5. The summed E-state index contributed by atoms with van der Waals surface area (Å²) in [6, 6.07) is 11.8. The van der Waals surface area contributed by atoms with Crippen LogP contribution >= 0.6 is 11.3 Å². The molecule has 2 aromatic heterocycles. The summed E-state index contributed by atoms with van der Waals surface area (Å²) >= 11 is 1.66. The monoisotopic (exact) mass is 422 g/mol. The summed E-state index contributed by atoms with van der Waals surface area (Å²) < 4.78 is 1.63. The third kappa shape index (κ3) is 5.36. The van der Waals surface area contributed by atoms with Gasteiger partial charge >= 0.3 is 0 Å². The smallest absolute Gasteiger partial charge is 0.190 e. The van der Waals surface area contributed by atoms with Crippen molar-refractivity contribution in [1.82, 2.24) is 25.4 Å². The first kappa shape index (κ1) is 21.3. The van der Waals surface area contributed by atoms with Gasteiger partial charge in [-0.3, -0.25) is 4.99 Å². The zero-order valence-electron chi connectivity index (χ0n) is 17.2. The highest BCUT2D eigenvalue weighted by atomic mass is 32.1. The van der Waals surface area contributed by atoms with Gasteiger partial charge in [0, 0.05) is 31.9 Å². The minimum Gasteiger partial charge on any atom is -0.382 e. The zero-order valence-corrected chi connectivity index (χ0v) is 18.0. The van der Waals surface area contributed by atoms with Crippen molar-refractivity contribution >= 4 is 23.1 Å². The third-order valence-electron chi connectivity index (χ3n) is 4.55. The van der Waals surface area contributed by atoms with Gasteiger partial charge in [0.15, 0.2) is 5.96 Å². The van der Waals surface area contributed by atoms with E-state index in [1.54, 1.807) is 23.1 Å². The fourth-order valence-electron chi connectivity index (χ4n) is 3.06.